The third-order valence-electron chi connectivity index (χ3n) is 7.52. The smallest absolute Gasteiger partial charge is 0.269 e. The first kappa shape index (κ1) is 28.4. The number of carbonyl (C=O) groups excluding carboxylic acids is 1. The Bertz CT molecular complexity index is 1540. The Kier molecular flexibility index (Phi) is 8.13. The predicted octanol–water partition coefficient (Wildman–Crippen LogP) is 4.22. The molecule has 0 aliphatic carbocycles. The maximum atomic E-state index is 13.8. The first-order valence-electron chi connectivity index (χ1n) is 13.3. The van der Waals surface area contributed by atoms with Crippen molar-refractivity contribution >= 4 is 21.6 Å². The molecular weight excluding hydrogens is 550 g/mol. The number of nitro groups is 1. The topological polar surface area (TPSA) is 129 Å². The van der Waals surface area contributed by atoms with E-state index in [-0.39, 0.29) is 23.1 Å². The van der Waals surface area contributed by atoms with Crippen molar-refractivity contribution in [3.63, 3.8) is 0 Å². The van der Waals surface area contributed by atoms with Gasteiger partial charge in [0.25, 0.3) is 11.6 Å². The summed E-state index contributed by atoms with van der Waals surface area (Å²) < 4.78 is 44.4. The van der Waals surface area contributed by atoms with Gasteiger partial charge in [-0.25, -0.2) is 8.42 Å². The van der Waals surface area contributed by atoms with Crippen molar-refractivity contribution < 1.29 is 32.3 Å². The fourth-order valence-electron chi connectivity index (χ4n) is 5.30. The van der Waals surface area contributed by atoms with Crippen LogP contribution >= 0.6 is 0 Å². The Balaban J connectivity index is 1.44. The zero-order valence-electron chi connectivity index (χ0n) is 22.8. The highest BCUT2D eigenvalue weighted by atomic mass is 32.2. The van der Waals surface area contributed by atoms with Gasteiger partial charge in [0.1, 0.15) is 12.4 Å². The van der Waals surface area contributed by atoms with E-state index >= 15 is 0 Å². The number of hydrogen-bond acceptors (Lipinski definition) is 8. The van der Waals surface area contributed by atoms with Crippen LogP contribution in [0.15, 0.2) is 65.6 Å². The van der Waals surface area contributed by atoms with Crippen LogP contribution in [0.2, 0.25) is 0 Å². The van der Waals surface area contributed by atoms with Crippen LogP contribution in [0.25, 0.3) is 0 Å². The van der Waals surface area contributed by atoms with Crippen LogP contribution in [0.3, 0.4) is 0 Å². The van der Waals surface area contributed by atoms with Gasteiger partial charge < -0.3 is 19.1 Å². The summed E-state index contributed by atoms with van der Waals surface area (Å²) in [6, 6.07) is 15.0. The highest BCUT2D eigenvalue weighted by molar-refractivity contribution is 7.89. The summed E-state index contributed by atoms with van der Waals surface area (Å²) in [4.78, 5) is 26.2. The lowest BCUT2D eigenvalue weighted by Crippen LogP contribution is -2.42. The summed E-state index contributed by atoms with van der Waals surface area (Å²) >= 11 is 0. The van der Waals surface area contributed by atoms with Crippen molar-refractivity contribution in [2.24, 2.45) is 0 Å². The van der Waals surface area contributed by atoms with Gasteiger partial charge in [0.2, 0.25) is 10.0 Å². The lowest BCUT2D eigenvalue weighted by Gasteiger charge is -2.37. The second-order valence-corrected chi connectivity index (χ2v) is 11.8. The number of ether oxygens (including phenoxy) is 3. The number of nitro benzene ring substituents is 1. The number of amides is 1. The van der Waals surface area contributed by atoms with Crippen LogP contribution in [-0.2, 0) is 16.4 Å². The van der Waals surface area contributed by atoms with Crippen molar-refractivity contribution in [2.45, 2.75) is 30.2 Å². The Hall–Kier alpha value is -4.16. The lowest BCUT2D eigenvalue weighted by molar-refractivity contribution is -0.384. The third-order valence-corrected chi connectivity index (χ3v) is 9.44. The average molecular weight is 582 g/mol. The largest absolute Gasteiger partial charge is 0.493 e. The highest BCUT2D eigenvalue weighted by Gasteiger charge is 2.34. The monoisotopic (exact) mass is 581 g/mol. The first-order valence-corrected chi connectivity index (χ1v) is 14.7. The van der Waals surface area contributed by atoms with Gasteiger partial charge in [-0.3, -0.25) is 14.9 Å². The molecule has 0 aromatic heterocycles. The number of methoxy groups -OCH3 is 2. The zero-order chi connectivity index (χ0) is 29.1. The van der Waals surface area contributed by atoms with E-state index in [0.29, 0.717) is 48.9 Å². The van der Waals surface area contributed by atoms with Crippen LogP contribution in [0.1, 0.15) is 40.4 Å². The summed E-state index contributed by atoms with van der Waals surface area (Å²) in [5.74, 6) is 1.24. The third kappa shape index (κ3) is 5.70. The van der Waals surface area contributed by atoms with Gasteiger partial charge in [-0.1, -0.05) is 0 Å². The van der Waals surface area contributed by atoms with Crippen LogP contribution in [0.4, 0.5) is 5.69 Å². The number of benzene rings is 3. The molecule has 3 aromatic rings. The molecule has 0 unspecified atom stereocenters. The van der Waals surface area contributed by atoms with Crippen molar-refractivity contribution in [3.05, 3.63) is 87.5 Å². The fourth-order valence-corrected chi connectivity index (χ4v) is 6.82. The van der Waals surface area contributed by atoms with E-state index in [4.69, 9.17) is 14.2 Å². The number of fused-ring (bicyclic) bond motifs is 1. The van der Waals surface area contributed by atoms with Gasteiger partial charge in [-0.15, -0.1) is 0 Å². The molecular formula is C29H31N3O8S. The minimum atomic E-state index is -3.60. The van der Waals surface area contributed by atoms with E-state index < -0.39 is 21.0 Å². The van der Waals surface area contributed by atoms with Gasteiger partial charge in [0, 0.05) is 37.3 Å². The van der Waals surface area contributed by atoms with Gasteiger partial charge >= 0.3 is 0 Å². The van der Waals surface area contributed by atoms with Gasteiger partial charge in [0.15, 0.2) is 11.5 Å². The van der Waals surface area contributed by atoms with Crippen LogP contribution in [-0.4, -0.2) is 68.9 Å². The molecule has 2 aliphatic rings. The van der Waals surface area contributed by atoms with Crippen LogP contribution in [0, 0.1) is 10.1 Å². The SMILES string of the molecule is COc1cc2c(cc1OC)[C@H](COc1ccc([N+](=O)[O-])cc1)N(C(=O)c1ccc(S(=O)(=O)N3CCCC3)cc1)CC2. The molecule has 2 heterocycles. The van der Waals surface area contributed by atoms with E-state index in [0.717, 1.165) is 24.0 Å². The minimum Gasteiger partial charge on any atom is -0.493 e. The van der Waals surface area contributed by atoms with Crippen molar-refractivity contribution in [1.82, 2.24) is 9.21 Å². The molecule has 12 heteroatoms. The Labute approximate surface area is 238 Å². The molecule has 11 nitrogen and oxygen atoms in total. The molecule has 0 N–H and O–H groups in total. The van der Waals surface area contributed by atoms with Crippen molar-refractivity contribution in [2.75, 3.05) is 40.5 Å². The van der Waals surface area contributed by atoms with Crippen molar-refractivity contribution in [3.8, 4) is 17.2 Å². The standard InChI is InChI=1S/C29H31N3O8S/c1-38-27-17-21-13-16-31(29(33)20-5-11-24(12-6-20)41(36,37)30-14-3-4-15-30)26(25(21)18-28(27)39-2)19-40-23-9-7-22(8-10-23)32(34)35/h5-12,17-18,26H,3-4,13-16,19H2,1-2H3/t26-/m0/s1. The molecule has 0 radical (unpaired) electrons. The molecule has 3 aromatic carbocycles. The van der Waals surface area contributed by atoms with E-state index in [9.17, 15) is 23.3 Å². The van der Waals surface area contributed by atoms with Gasteiger partial charge in [-0.2, -0.15) is 4.31 Å². The maximum Gasteiger partial charge on any atom is 0.269 e. The first-order chi connectivity index (χ1) is 19.7. The summed E-state index contributed by atoms with van der Waals surface area (Å²) in [6.45, 7) is 1.47. The summed E-state index contributed by atoms with van der Waals surface area (Å²) in [5, 5.41) is 11.0. The summed E-state index contributed by atoms with van der Waals surface area (Å²) in [7, 11) is -0.499. The number of carbonyl (C=O) groups is 1. The summed E-state index contributed by atoms with van der Waals surface area (Å²) in [6.07, 6.45) is 2.25. The molecule has 41 heavy (non-hydrogen) atoms. The minimum absolute atomic E-state index is 0.0517. The Morgan fingerprint density at radius 2 is 1.59 bits per heavy atom. The van der Waals surface area contributed by atoms with E-state index in [1.54, 1.807) is 24.1 Å². The number of hydrogen-bond donors (Lipinski definition) is 0. The van der Waals surface area contributed by atoms with Crippen LogP contribution in [0.5, 0.6) is 17.2 Å². The second kappa shape index (κ2) is 11.8. The number of rotatable bonds is 9. The average Bonchev–Trinajstić information content (AvgIpc) is 3.55. The highest BCUT2D eigenvalue weighted by Crippen LogP contribution is 2.39. The Morgan fingerprint density at radius 3 is 2.20 bits per heavy atom. The lowest BCUT2D eigenvalue weighted by atomic mass is 9.91. The van der Waals surface area contributed by atoms with Crippen molar-refractivity contribution in [1.29, 1.82) is 0 Å². The van der Waals surface area contributed by atoms with Crippen LogP contribution < -0.4 is 14.2 Å². The predicted molar refractivity (Wildman–Crippen MR) is 150 cm³/mol. The quantitative estimate of drug-likeness (QED) is 0.272. The maximum absolute atomic E-state index is 13.8. The molecule has 1 amide bonds. The van der Waals surface area contributed by atoms with E-state index in [1.165, 1.54) is 47.8 Å². The number of sulfonamides is 1. The van der Waals surface area contributed by atoms with Gasteiger partial charge in [-0.05, 0) is 78.9 Å². The number of nitrogens with zero attached hydrogens (tertiary/aromatic N) is 3. The Morgan fingerprint density at radius 1 is 0.951 bits per heavy atom. The second-order valence-electron chi connectivity index (χ2n) is 9.87. The zero-order valence-corrected chi connectivity index (χ0v) is 23.6. The molecule has 216 valence electrons. The normalized spacial score (nSPS) is 17.1. The van der Waals surface area contributed by atoms with E-state index in [1.807, 2.05) is 12.1 Å². The molecule has 1 atom stereocenters. The molecule has 0 bridgehead atoms. The molecule has 1 saturated heterocycles. The van der Waals surface area contributed by atoms with E-state index in [2.05, 4.69) is 0 Å². The number of non-ortho nitro benzene ring substituents is 1. The summed E-state index contributed by atoms with van der Waals surface area (Å²) in [5.41, 5.74) is 2.12. The van der Waals surface area contributed by atoms with Gasteiger partial charge in [0.05, 0.1) is 30.1 Å². The molecule has 5 rings (SSSR count). The molecule has 0 saturated carbocycles. The molecule has 0 spiro atoms. The molecule has 1 fully saturated rings. The molecule has 2 aliphatic heterocycles. The fraction of sp³-hybridized carbons (Fsp3) is 0.345.